The van der Waals surface area contributed by atoms with E-state index in [9.17, 15) is 0 Å². The van der Waals surface area contributed by atoms with Gasteiger partial charge in [0, 0.05) is 11.5 Å². The second kappa shape index (κ2) is 5.71. The quantitative estimate of drug-likeness (QED) is 0.686. The highest BCUT2D eigenvalue weighted by atomic mass is 14.2. The van der Waals surface area contributed by atoms with E-state index in [-0.39, 0.29) is 5.92 Å². The fourth-order valence-corrected chi connectivity index (χ4v) is 1.64. The SMILES string of the molecule is C[C@@H](C#Cc1ccc(C#N)cc1)c1ccccc1. The van der Waals surface area contributed by atoms with Crippen molar-refractivity contribution < 1.29 is 0 Å². The van der Waals surface area contributed by atoms with E-state index in [1.54, 1.807) is 12.1 Å². The monoisotopic (exact) mass is 231 g/mol. The molecule has 0 saturated heterocycles. The molecule has 18 heavy (non-hydrogen) atoms. The molecule has 2 aromatic rings. The molecule has 0 N–H and O–H groups in total. The molecule has 0 saturated carbocycles. The van der Waals surface area contributed by atoms with Gasteiger partial charge in [-0.3, -0.25) is 0 Å². The normalized spacial score (nSPS) is 10.9. The highest BCUT2D eigenvalue weighted by Crippen LogP contribution is 2.13. The largest absolute Gasteiger partial charge is 0.192 e. The van der Waals surface area contributed by atoms with Crippen LogP contribution in [0.15, 0.2) is 54.6 Å². The van der Waals surface area contributed by atoms with Crippen molar-refractivity contribution in [2.45, 2.75) is 12.8 Å². The van der Waals surface area contributed by atoms with E-state index in [0.29, 0.717) is 5.56 Å². The third-order valence-corrected chi connectivity index (χ3v) is 2.75. The topological polar surface area (TPSA) is 23.8 Å². The summed E-state index contributed by atoms with van der Waals surface area (Å²) in [6.07, 6.45) is 0. The molecule has 2 aromatic carbocycles. The number of nitrogens with zero attached hydrogens (tertiary/aromatic N) is 1. The summed E-state index contributed by atoms with van der Waals surface area (Å²) in [5.41, 5.74) is 2.83. The molecule has 0 radical (unpaired) electrons. The highest BCUT2D eigenvalue weighted by Gasteiger charge is 1.99. The smallest absolute Gasteiger partial charge is 0.0991 e. The molecule has 0 bridgehead atoms. The fourth-order valence-electron chi connectivity index (χ4n) is 1.64. The Balaban J connectivity index is 2.14. The van der Waals surface area contributed by atoms with Crippen molar-refractivity contribution in [3.05, 3.63) is 71.3 Å². The first-order valence-corrected chi connectivity index (χ1v) is 5.86. The average molecular weight is 231 g/mol. The summed E-state index contributed by atoms with van der Waals surface area (Å²) >= 11 is 0. The van der Waals surface area contributed by atoms with E-state index >= 15 is 0 Å². The van der Waals surface area contributed by atoms with E-state index in [2.05, 4.69) is 37.0 Å². The van der Waals surface area contributed by atoms with Crippen LogP contribution in [0.5, 0.6) is 0 Å². The van der Waals surface area contributed by atoms with Gasteiger partial charge in [0.2, 0.25) is 0 Å². The second-order valence-electron chi connectivity index (χ2n) is 4.09. The highest BCUT2D eigenvalue weighted by molar-refractivity contribution is 5.41. The van der Waals surface area contributed by atoms with Crippen LogP contribution in [0.1, 0.15) is 29.5 Å². The van der Waals surface area contributed by atoms with Crippen LogP contribution in [0.4, 0.5) is 0 Å². The lowest BCUT2D eigenvalue weighted by Gasteiger charge is -2.02. The van der Waals surface area contributed by atoms with Crippen LogP contribution in [-0.4, -0.2) is 0 Å². The van der Waals surface area contributed by atoms with Crippen molar-refractivity contribution in [2.24, 2.45) is 0 Å². The second-order valence-corrected chi connectivity index (χ2v) is 4.09. The summed E-state index contributed by atoms with van der Waals surface area (Å²) < 4.78 is 0. The number of nitriles is 1. The van der Waals surface area contributed by atoms with Gasteiger partial charge in [0.25, 0.3) is 0 Å². The predicted molar refractivity (Wildman–Crippen MR) is 72.9 cm³/mol. The van der Waals surface area contributed by atoms with Gasteiger partial charge in [-0.1, -0.05) is 42.2 Å². The number of hydrogen-bond donors (Lipinski definition) is 0. The number of hydrogen-bond acceptors (Lipinski definition) is 1. The Morgan fingerprint density at radius 1 is 0.889 bits per heavy atom. The molecule has 0 aromatic heterocycles. The summed E-state index contributed by atoms with van der Waals surface area (Å²) in [5.74, 6) is 6.56. The van der Waals surface area contributed by atoms with Crippen LogP contribution < -0.4 is 0 Å². The van der Waals surface area contributed by atoms with Gasteiger partial charge >= 0.3 is 0 Å². The van der Waals surface area contributed by atoms with Crippen molar-refractivity contribution >= 4 is 0 Å². The molecular formula is C17H13N. The van der Waals surface area contributed by atoms with Gasteiger partial charge in [-0.2, -0.15) is 5.26 Å². The molecule has 0 heterocycles. The van der Waals surface area contributed by atoms with Crippen LogP contribution in [0, 0.1) is 23.2 Å². The fraction of sp³-hybridized carbons (Fsp3) is 0.118. The van der Waals surface area contributed by atoms with Gasteiger partial charge in [-0.15, -0.1) is 0 Å². The lowest BCUT2D eigenvalue weighted by atomic mass is 10.0. The Kier molecular flexibility index (Phi) is 3.79. The molecule has 1 heteroatoms. The summed E-state index contributed by atoms with van der Waals surface area (Å²) in [6, 6.07) is 19.6. The lowest BCUT2D eigenvalue weighted by molar-refractivity contribution is 1.00. The average Bonchev–Trinajstić information content (AvgIpc) is 2.46. The molecule has 86 valence electrons. The van der Waals surface area contributed by atoms with Crippen LogP contribution in [0.2, 0.25) is 0 Å². The van der Waals surface area contributed by atoms with E-state index in [1.165, 1.54) is 5.56 Å². The molecule has 0 unspecified atom stereocenters. The number of benzene rings is 2. The van der Waals surface area contributed by atoms with Gasteiger partial charge in [0.1, 0.15) is 0 Å². The maximum atomic E-state index is 8.71. The van der Waals surface area contributed by atoms with Crippen molar-refractivity contribution in [1.29, 1.82) is 5.26 Å². The molecular weight excluding hydrogens is 218 g/mol. The number of rotatable bonds is 1. The third-order valence-electron chi connectivity index (χ3n) is 2.75. The summed E-state index contributed by atoms with van der Waals surface area (Å²) in [4.78, 5) is 0. The molecule has 1 atom stereocenters. The minimum absolute atomic E-state index is 0.210. The maximum Gasteiger partial charge on any atom is 0.0991 e. The van der Waals surface area contributed by atoms with Gasteiger partial charge in [0.15, 0.2) is 0 Å². The molecule has 0 aliphatic rings. The van der Waals surface area contributed by atoms with E-state index < -0.39 is 0 Å². The molecule has 2 rings (SSSR count). The Bertz CT molecular complexity index is 607. The van der Waals surface area contributed by atoms with Gasteiger partial charge in [0.05, 0.1) is 11.6 Å². The lowest BCUT2D eigenvalue weighted by Crippen LogP contribution is -1.88. The molecule has 0 fully saturated rings. The molecule has 0 amide bonds. The molecule has 1 nitrogen and oxygen atoms in total. The Labute approximate surface area is 108 Å². The first kappa shape index (κ1) is 12.0. The molecule has 0 aliphatic carbocycles. The standard InChI is InChI=1S/C17H13N/c1-14(17-5-3-2-4-6-17)7-8-15-9-11-16(13-18)12-10-15/h2-6,9-12,14H,1H3/t14-/m0/s1. The van der Waals surface area contributed by atoms with Crippen LogP contribution in [-0.2, 0) is 0 Å². The van der Waals surface area contributed by atoms with Gasteiger partial charge in [-0.05, 0) is 36.8 Å². The van der Waals surface area contributed by atoms with E-state index in [0.717, 1.165) is 5.56 Å². The summed E-state index contributed by atoms with van der Waals surface area (Å²) in [6.45, 7) is 2.09. The zero-order valence-corrected chi connectivity index (χ0v) is 10.2. The Morgan fingerprint density at radius 2 is 1.50 bits per heavy atom. The first-order valence-electron chi connectivity index (χ1n) is 5.86. The third kappa shape index (κ3) is 3.00. The zero-order chi connectivity index (χ0) is 12.8. The van der Waals surface area contributed by atoms with Crippen LogP contribution >= 0.6 is 0 Å². The van der Waals surface area contributed by atoms with Crippen LogP contribution in [0.3, 0.4) is 0 Å². The molecule has 0 spiro atoms. The first-order chi connectivity index (χ1) is 8.79. The van der Waals surface area contributed by atoms with Crippen molar-refractivity contribution in [1.82, 2.24) is 0 Å². The zero-order valence-electron chi connectivity index (χ0n) is 10.2. The Morgan fingerprint density at radius 3 is 2.11 bits per heavy atom. The van der Waals surface area contributed by atoms with Crippen molar-refractivity contribution in [2.75, 3.05) is 0 Å². The van der Waals surface area contributed by atoms with Crippen molar-refractivity contribution in [3.8, 4) is 17.9 Å². The van der Waals surface area contributed by atoms with E-state index in [1.807, 2.05) is 30.3 Å². The summed E-state index contributed by atoms with van der Waals surface area (Å²) in [7, 11) is 0. The van der Waals surface area contributed by atoms with Crippen molar-refractivity contribution in [3.63, 3.8) is 0 Å². The molecule has 0 aliphatic heterocycles. The van der Waals surface area contributed by atoms with Gasteiger partial charge < -0.3 is 0 Å². The predicted octanol–water partition coefficient (Wildman–Crippen LogP) is 3.71. The minimum atomic E-state index is 0.210. The Hall–Kier alpha value is -2.51. The van der Waals surface area contributed by atoms with E-state index in [4.69, 9.17) is 5.26 Å². The maximum absolute atomic E-state index is 8.71. The minimum Gasteiger partial charge on any atom is -0.192 e. The van der Waals surface area contributed by atoms with Crippen LogP contribution in [0.25, 0.3) is 0 Å². The van der Waals surface area contributed by atoms with Gasteiger partial charge in [-0.25, -0.2) is 0 Å². The summed E-state index contributed by atoms with van der Waals surface area (Å²) in [5, 5.41) is 8.71.